The fraction of sp³-hybridized carbons (Fsp3) is 0.636. The zero-order valence-corrected chi connectivity index (χ0v) is 9.61. The van der Waals surface area contributed by atoms with E-state index in [4.69, 9.17) is 16.6 Å². The summed E-state index contributed by atoms with van der Waals surface area (Å²) in [6.07, 6.45) is 7.27. The van der Waals surface area contributed by atoms with Crippen molar-refractivity contribution in [1.82, 2.24) is 10.6 Å². The number of carbonyl (C=O) groups is 2. The topological polar surface area (TPSA) is 98.7 Å². The lowest BCUT2D eigenvalue weighted by Crippen LogP contribution is -2.46. The molecule has 0 rings (SSSR count). The van der Waals surface area contributed by atoms with Crippen LogP contribution >= 0.6 is 0 Å². The smallest absolute Gasteiger partial charge is 0.326 e. The number of aliphatic carboxylic acids is 1. The molecule has 2 amide bonds. The van der Waals surface area contributed by atoms with Crippen LogP contribution in [0.2, 0.25) is 0 Å². The first-order chi connectivity index (χ1) is 8.11. The lowest BCUT2D eigenvalue weighted by molar-refractivity contribution is -0.139. The van der Waals surface area contributed by atoms with Crippen molar-refractivity contribution in [3.8, 4) is 12.3 Å². The van der Waals surface area contributed by atoms with E-state index in [-0.39, 0.29) is 13.0 Å². The lowest BCUT2D eigenvalue weighted by atomic mass is 10.2. The zero-order chi connectivity index (χ0) is 13.1. The molecule has 0 aliphatic rings. The van der Waals surface area contributed by atoms with Crippen LogP contribution in [0.25, 0.3) is 0 Å². The highest BCUT2D eigenvalue weighted by molar-refractivity contribution is 5.82. The fourth-order valence-corrected chi connectivity index (χ4v) is 1.15. The van der Waals surface area contributed by atoms with Crippen molar-refractivity contribution in [2.45, 2.75) is 31.7 Å². The van der Waals surface area contributed by atoms with Gasteiger partial charge < -0.3 is 20.8 Å². The zero-order valence-electron chi connectivity index (χ0n) is 9.61. The molecule has 6 nitrogen and oxygen atoms in total. The Hall–Kier alpha value is -1.74. The van der Waals surface area contributed by atoms with E-state index in [0.29, 0.717) is 13.0 Å². The molecule has 4 N–H and O–H groups in total. The number of carboxylic acids is 1. The molecule has 0 saturated carbocycles. The lowest BCUT2D eigenvalue weighted by Gasteiger charge is -2.13. The maximum Gasteiger partial charge on any atom is 0.326 e. The highest BCUT2D eigenvalue weighted by atomic mass is 16.4. The first kappa shape index (κ1) is 15.3. The van der Waals surface area contributed by atoms with Crippen molar-refractivity contribution in [2.75, 3.05) is 13.2 Å². The molecular weight excluding hydrogens is 224 g/mol. The van der Waals surface area contributed by atoms with Gasteiger partial charge in [-0.1, -0.05) is 0 Å². The second-order valence-corrected chi connectivity index (χ2v) is 3.46. The molecule has 0 heterocycles. The minimum Gasteiger partial charge on any atom is -0.480 e. The third-order valence-electron chi connectivity index (χ3n) is 2.05. The summed E-state index contributed by atoms with van der Waals surface area (Å²) >= 11 is 0. The van der Waals surface area contributed by atoms with Crippen molar-refractivity contribution in [3.05, 3.63) is 0 Å². The summed E-state index contributed by atoms with van der Waals surface area (Å²) in [7, 11) is 0. The number of carboxylic acid groups (broad SMARTS) is 1. The van der Waals surface area contributed by atoms with Crippen LogP contribution in [-0.2, 0) is 4.79 Å². The van der Waals surface area contributed by atoms with E-state index >= 15 is 0 Å². The number of urea groups is 1. The second kappa shape index (κ2) is 9.48. The Labute approximate surface area is 100 Å². The van der Waals surface area contributed by atoms with Crippen LogP contribution in [0.5, 0.6) is 0 Å². The van der Waals surface area contributed by atoms with E-state index in [2.05, 4.69) is 16.6 Å². The van der Waals surface area contributed by atoms with Crippen LogP contribution in [0, 0.1) is 12.3 Å². The molecule has 0 aromatic heterocycles. The van der Waals surface area contributed by atoms with Gasteiger partial charge in [0.25, 0.3) is 0 Å². The van der Waals surface area contributed by atoms with Gasteiger partial charge >= 0.3 is 12.0 Å². The molecule has 6 heteroatoms. The number of aliphatic hydroxyl groups is 1. The summed E-state index contributed by atoms with van der Waals surface area (Å²) in [6.45, 7) is 0.151. The van der Waals surface area contributed by atoms with Crippen LogP contribution < -0.4 is 10.6 Å². The summed E-state index contributed by atoms with van der Waals surface area (Å²) in [4.78, 5) is 21.9. The molecule has 0 aromatic rings. The number of rotatable bonds is 8. The third-order valence-corrected chi connectivity index (χ3v) is 2.05. The Morgan fingerprint density at radius 2 is 2.06 bits per heavy atom. The summed E-state index contributed by atoms with van der Waals surface area (Å²) in [5, 5.41) is 22.1. The third kappa shape index (κ3) is 8.11. The number of terminal acetylenes is 1. The Balaban J connectivity index is 3.75. The minimum absolute atomic E-state index is 0.0140. The number of unbranched alkanes of at least 4 members (excludes halogenated alkanes) is 2. The molecule has 1 atom stereocenters. The first-order valence-electron chi connectivity index (χ1n) is 5.43. The number of carbonyl (C=O) groups excluding carboxylic acids is 1. The van der Waals surface area contributed by atoms with Crippen molar-refractivity contribution in [3.63, 3.8) is 0 Å². The van der Waals surface area contributed by atoms with Crippen LogP contribution in [0.1, 0.15) is 25.7 Å². The largest absolute Gasteiger partial charge is 0.480 e. The molecule has 0 spiro atoms. The normalized spacial score (nSPS) is 11.3. The highest BCUT2D eigenvalue weighted by Gasteiger charge is 2.18. The quantitative estimate of drug-likeness (QED) is 0.353. The van der Waals surface area contributed by atoms with Gasteiger partial charge in [-0.05, 0) is 12.8 Å². The molecule has 0 unspecified atom stereocenters. The summed E-state index contributed by atoms with van der Waals surface area (Å²) < 4.78 is 0. The molecule has 0 aliphatic heterocycles. The predicted molar refractivity (Wildman–Crippen MR) is 62.3 cm³/mol. The van der Waals surface area contributed by atoms with E-state index < -0.39 is 18.0 Å². The number of aliphatic hydroxyl groups excluding tert-OH is 1. The Morgan fingerprint density at radius 3 is 2.59 bits per heavy atom. The number of nitrogens with one attached hydrogen (secondary N) is 2. The standard InChI is InChI=1S/C11H18N2O4/c1-2-3-4-5-7-12-11(17)13-9(6-8-14)10(15)16/h1,9,14H,3-8H2,(H,15,16)(H2,12,13,17)/t9-/m0/s1. The van der Waals surface area contributed by atoms with Crippen LogP contribution in [0.15, 0.2) is 0 Å². The van der Waals surface area contributed by atoms with Gasteiger partial charge in [-0.15, -0.1) is 12.3 Å². The van der Waals surface area contributed by atoms with Gasteiger partial charge in [0.05, 0.1) is 0 Å². The van der Waals surface area contributed by atoms with Crippen molar-refractivity contribution in [2.24, 2.45) is 0 Å². The van der Waals surface area contributed by atoms with E-state index in [9.17, 15) is 9.59 Å². The SMILES string of the molecule is C#CCCCCNC(=O)N[C@@H](CCO)C(=O)O. The summed E-state index contributed by atoms with van der Waals surface area (Å²) in [5.41, 5.74) is 0. The molecular formula is C11H18N2O4. The second-order valence-electron chi connectivity index (χ2n) is 3.46. The van der Waals surface area contributed by atoms with Crippen molar-refractivity contribution >= 4 is 12.0 Å². The van der Waals surface area contributed by atoms with Crippen molar-refractivity contribution in [1.29, 1.82) is 0 Å². The van der Waals surface area contributed by atoms with Crippen LogP contribution in [0.3, 0.4) is 0 Å². The Kier molecular flexibility index (Phi) is 8.51. The maximum absolute atomic E-state index is 11.3. The highest BCUT2D eigenvalue weighted by Crippen LogP contribution is 1.93. The molecule has 0 saturated heterocycles. The number of hydrogen-bond acceptors (Lipinski definition) is 3. The van der Waals surface area contributed by atoms with Gasteiger partial charge in [-0.25, -0.2) is 9.59 Å². The van der Waals surface area contributed by atoms with Crippen LogP contribution in [-0.4, -0.2) is 41.4 Å². The number of amides is 2. The molecule has 0 aliphatic carbocycles. The first-order valence-corrected chi connectivity index (χ1v) is 5.43. The Morgan fingerprint density at radius 1 is 1.35 bits per heavy atom. The van der Waals surface area contributed by atoms with E-state index in [1.54, 1.807) is 0 Å². The van der Waals surface area contributed by atoms with Gasteiger partial charge in [0.1, 0.15) is 6.04 Å². The fourth-order valence-electron chi connectivity index (χ4n) is 1.15. The molecule has 96 valence electrons. The van der Waals surface area contributed by atoms with Gasteiger partial charge in [-0.3, -0.25) is 0 Å². The van der Waals surface area contributed by atoms with Crippen LogP contribution in [0.4, 0.5) is 4.79 Å². The van der Waals surface area contributed by atoms with E-state index in [1.807, 2.05) is 0 Å². The van der Waals surface area contributed by atoms with Gasteiger partial charge in [0.15, 0.2) is 0 Å². The monoisotopic (exact) mass is 242 g/mol. The van der Waals surface area contributed by atoms with Gasteiger partial charge in [0, 0.05) is 26.0 Å². The predicted octanol–water partition coefficient (Wildman–Crippen LogP) is -0.0753. The van der Waals surface area contributed by atoms with Gasteiger partial charge in [0.2, 0.25) is 0 Å². The van der Waals surface area contributed by atoms with Gasteiger partial charge in [-0.2, -0.15) is 0 Å². The average molecular weight is 242 g/mol. The molecule has 0 fully saturated rings. The average Bonchev–Trinajstić information content (AvgIpc) is 2.28. The minimum atomic E-state index is -1.17. The number of hydrogen-bond donors (Lipinski definition) is 4. The maximum atomic E-state index is 11.3. The molecule has 17 heavy (non-hydrogen) atoms. The van der Waals surface area contributed by atoms with E-state index in [1.165, 1.54) is 0 Å². The van der Waals surface area contributed by atoms with Crippen molar-refractivity contribution < 1.29 is 19.8 Å². The summed E-state index contributed by atoms with van der Waals surface area (Å²) in [6, 6.07) is -1.61. The van der Waals surface area contributed by atoms with E-state index in [0.717, 1.165) is 12.8 Å². The molecule has 0 radical (unpaired) electrons. The summed E-state index contributed by atoms with van der Waals surface area (Å²) in [5.74, 6) is 1.32. The Bertz CT molecular complexity index is 286. The molecule has 0 bridgehead atoms. The molecule has 0 aromatic carbocycles.